The maximum absolute atomic E-state index is 15.4. The Morgan fingerprint density at radius 2 is 1.58 bits per heavy atom. The molecule has 0 unspecified atom stereocenters. The van der Waals surface area contributed by atoms with E-state index in [1.807, 2.05) is 54.5 Å². The Morgan fingerprint density at radius 1 is 0.978 bits per heavy atom. The van der Waals surface area contributed by atoms with E-state index in [-0.39, 0.29) is 53.1 Å². The summed E-state index contributed by atoms with van der Waals surface area (Å²) in [6.45, 7) is 22.4. The highest BCUT2D eigenvalue weighted by atomic mass is 16.5. The van der Waals surface area contributed by atoms with Crippen molar-refractivity contribution in [3.63, 3.8) is 0 Å². The van der Waals surface area contributed by atoms with Crippen LogP contribution in [0.3, 0.4) is 0 Å². The normalized spacial score (nSPS) is 24.4. The number of rotatable bonds is 12. The number of ketones is 3. The fourth-order valence-electron chi connectivity index (χ4n) is 7.34. The average Bonchev–Trinajstić information content (AvgIpc) is 2.94. The van der Waals surface area contributed by atoms with Gasteiger partial charge in [0, 0.05) is 5.56 Å². The minimum Gasteiger partial charge on any atom is -0.504 e. The molecule has 6 nitrogen and oxygen atoms in total. The van der Waals surface area contributed by atoms with E-state index in [2.05, 4.69) is 32.6 Å². The first kappa shape index (κ1) is 35.8. The second-order valence-electron chi connectivity index (χ2n) is 14.5. The summed E-state index contributed by atoms with van der Waals surface area (Å²) >= 11 is 0. The number of phenols is 2. The highest BCUT2D eigenvalue weighted by molar-refractivity contribution is 6.35. The van der Waals surface area contributed by atoms with E-state index in [1.54, 1.807) is 0 Å². The van der Waals surface area contributed by atoms with Crippen molar-refractivity contribution < 1.29 is 29.3 Å². The number of methoxy groups -OCH3 is 1. The molecule has 0 saturated heterocycles. The van der Waals surface area contributed by atoms with E-state index < -0.39 is 33.6 Å². The van der Waals surface area contributed by atoms with Gasteiger partial charge in [-0.05, 0) is 116 Å². The monoisotopic (exact) mass is 616 g/mol. The number of aromatic hydroxyl groups is 2. The molecule has 1 aromatic carbocycles. The lowest BCUT2D eigenvalue weighted by Crippen LogP contribution is -2.67. The third-order valence-electron chi connectivity index (χ3n) is 10.2. The third-order valence-corrected chi connectivity index (χ3v) is 10.2. The van der Waals surface area contributed by atoms with Crippen LogP contribution in [0.4, 0.5) is 0 Å². The summed E-state index contributed by atoms with van der Waals surface area (Å²) < 4.78 is 6.08. The van der Waals surface area contributed by atoms with E-state index in [0.29, 0.717) is 19.3 Å². The number of carbonyl (C=O) groups is 3. The highest BCUT2D eigenvalue weighted by Crippen LogP contribution is 2.68. The van der Waals surface area contributed by atoms with E-state index in [1.165, 1.54) is 19.2 Å². The van der Waals surface area contributed by atoms with Crippen LogP contribution in [0, 0.1) is 28.1 Å². The first-order valence-electron chi connectivity index (χ1n) is 15.9. The van der Waals surface area contributed by atoms with Gasteiger partial charge in [0.2, 0.25) is 0 Å². The largest absolute Gasteiger partial charge is 0.504 e. The number of Topliss-reactive ketones (excluding diaryl/α,β-unsaturated/α-hetero) is 3. The lowest BCUT2D eigenvalue weighted by Gasteiger charge is -2.61. The molecule has 0 heterocycles. The topological polar surface area (TPSA) is 101 Å². The fourth-order valence-corrected chi connectivity index (χ4v) is 7.34. The molecule has 4 atom stereocenters. The summed E-state index contributed by atoms with van der Waals surface area (Å²) in [5.41, 5.74) is 0.538. The van der Waals surface area contributed by atoms with Crippen LogP contribution in [0.1, 0.15) is 105 Å². The highest BCUT2D eigenvalue weighted by Gasteiger charge is 2.72. The van der Waals surface area contributed by atoms with Gasteiger partial charge in [0.05, 0.1) is 17.9 Å². The molecule has 2 N–H and O–H groups in total. The lowest BCUT2D eigenvalue weighted by atomic mass is 9.39. The number of fused-ring (bicyclic) bond motifs is 2. The number of hydrogen-bond acceptors (Lipinski definition) is 6. The molecule has 3 rings (SSSR count). The van der Waals surface area contributed by atoms with Crippen molar-refractivity contribution in [2.45, 2.75) is 94.4 Å². The van der Waals surface area contributed by atoms with E-state index in [0.717, 1.165) is 28.4 Å². The van der Waals surface area contributed by atoms with Crippen LogP contribution in [0.15, 0.2) is 76.6 Å². The van der Waals surface area contributed by atoms with Gasteiger partial charge in [0.1, 0.15) is 11.3 Å². The minimum absolute atomic E-state index is 0.0306. The summed E-state index contributed by atoms with van der Waals surface area (Å²) in [5, 5.41) is 20.2. The first-order chi connectivity index (χ1) is 20.9. The zero-order valence-electron chi connectivity index (χ0n) is 28.9. The Hall–Kier alpha value is -3.67. The Bertz CT molecular complexity index is 1500. The predicted octanol–water partition coefficient (Wildman–Crippen LogP) is 9.00. The summed E-state index contributed by atoms with van der Waals surface area (Å²) in [6.07, 6.45) is 8.39. The van der Waals surface area contributed by atoms with Crippen molar-refractivity contribution >= 4 is 17.3 Å². The van der Waals surface area contributed by atoms with Crippen LogP contribution in [0.5, 0.6) is 11.5 Å². The van der Waals surface area contributed by atoms with Gasteiger partial charge in [-0.15, -0.1) is 0 Å². The number of benzene rings is 1. The maximum Gasteiger partial charge on any atom is 0.200 e. The van der Waals surface area contributed by atoms with Gasteiger partial charge in [0.15, 0.2) is 28.8 Å². The number of hydrogen-bond donors (Lipinski definition) is 2. The third kappa shape index (κ3) is 6.39. The lowest BCUT2D eigenvalue weighted by molar-refractivity contribution is -0.171. The van der Waals surface area contributed by atoms with Gasteiger partial charge < -0.3 is 14.9 Å². The molecular formula is C39H52O6. The molecule has 1 saturated carbocycles. The molecule has 2 bridgehead atoms. The van der Waals surface area contributed by atoms with Crippen LogP contribution in [-0.4, -0.2) is 34.7 Å². The molecule has 6 heteroatoms. The quantitative estimate of drug-likeness (QED) is 0.0799. The van der Waals surface area contributed by atoms with E-state index in [4.69, 9.17) is 4.74 Å². The Labute approximate surface area is 269 Å². The van der Waals surface area contributed by atoms with Crippen LogP contribution >= 0.6 is 0 Å². The zero-order valence-corrected chi connectivity index (χ0v) is 28.9. The maximum atomic E-state index is 15.4. The molecule has 2 aliphatic rings. The van der Waals surface area contributed by atoms with Gasteiger partial charge in [0.25, 0.3) is 0 Å². The van der Waals surface area contributed by atoms with Crippen molar-refractivity contribution in [1.82, 2.24) is 0 Å². The molecule has 0 amide bonds. The van der Waals surface area contributed by atoms with Gasteiger partial charge in [-0.25, -0.2) is 0 Å². The van der Waals surface area contributed by atoms with Crippen LogP contribution in [-0.2, 0) is 14.3 Å². The van der Waals surface area contributed by atoms with E-state index >= 15 is 9.59 Å². The van der Waals surface area contributed by atoms with Crippen molar-refractivity contribution in [1.29, 1.82) is 0 Å². The van der Waals surface area contributed by atoms with E-state index in [9.17, 15) is 15.0 Å². The first-order valence-corrected chi connectivity index (χ1v) is 15.9. The second-order valence-corrected chi connectivity index (χ2v) is 14.5. The van der Waals surface area contributed by atoms with Crippen LogP contribution < -0.4 is 0 Å². The summed E-state index contributed by atoms with van der Waals surface area (Å²) in [6, 6.07) is 3.75. The number of ether oxygens (including phenoxy) is 1. The molecule has 45 heavy (non-hydrogen) atoms. The molecule has 2 aliphatic carbocycles. The van der Waals surface area contributed by atoms with Gasteiger partial charge >= 0.3 is 0 Å². The van der Waals surface area contributed by atoms with Gasteiger partial charge in [-0.3, -0.25) is 14.4 Å². The van der Waals surface area contributed by atoms with Crippen LogP contribution in [0.2, 0.25) is 0 Å². The average molecular weight is 617 g/mol. The molecule has 1 aromatic rings. The van der Waals surface area contributed by atoms with Gasteiger partial charge in [-0.2, -0.15) is 0 Å². The van der Waals surface area contributed by atoms with Gasteiger partial charge in [-0.1, -0.05) is 60.9 Å². The fraction of sp³-hybridized carbons (Fsp3) is 0.513. The molecule has 244 valence electrons. The smallest absolute Gasteiger partial charge is 0.200 e. The van der Waals surface area contributed by atoms with Crippen molar-refractivity contribution in [2.75, 3.05) is 7.11 Å². The Balaban J connectivity index is 2.50. The SMILES string of the molecule is C=C(C)[C@H](CC=C(C)C)C[C@@]12C[C@H](CC=C(C)C)C(C)(C)[C@@](CC=C(C)C)(C1=O)C(OC)=C(C(=O)c1ccc(O)c(O)c1)C2=O. The summed E-state index contributed by atoms with van der Waals surface area (Å²) in [7, 11) is 1.43. The number of allylic oxidation sites excluding steroid dienone is 9. The molecule has 0 aromatic heterocycles. The Morgan fingerprint density at radius 3 is 2.09 bits per heavy atom. The predicted molar refractivity (Wildman–Crippen MR) is 180 cm³/mol. The van der Waals surface area contributed by atoms with Crippen LogP contribution in [0.25, 0.3) is 0 Å². The number of carbonyl (C=O) groups excluding carboxylic acids is 3. The minimum atomic E-state index is -1.49. The second kappa shape index (κ2) is 13.4. The molecule has 0 spiro atoms. The van der Waals surface area contributed by atoms with Crippen molar-refractivity contribution in [2.24, 2.45) is 28.1 Å². The van der Waals surface area contributed by atoms with Crippen molar-refractivity contribution in [3.8, 4) is 11.5 Å². The molecule has 1 fully saturated rings. The Kier molecular flexibility index (Phi) is 10.6. The molecule has 0 radical (unpaired) electrons. The summed E-state index contributed by atoms with van der Waals surface area (Å²) in [4.78, 5) is 45.0. The standard InChI is InChI=1S/C39H52O6/c1-23(2)12-14-28(26(7)8)21-38-22-29(16-13-24(3)4)37(9,10)39(36(38)44,19-18-25(5)6)35(45-11)32(34(38)43)33(42)27-15-17-30(40)31(41)20-27/h12-13,15,17-18,20,28-29,40-41H,7,14,16,19,21-22H2,1-6,8-11H3/t28-,29+,38+,39-/m1/s1. The summed E-state index contributed by atoms with van der Waals surface area (Å²) in [5.74, 6) is -2.37. The zero-order chi connectivity index (χ0) is 34.1. The molecular weight excluding hydrogens is 564 g/mol. The van der Waals surface area contributed by atoms with Crippen molar-refractivity contribution in [3.05, 3.63) is 82.2 Å². The number of phenolic OH excluding ortho intramolecular Hbond substituents is 2. The molecule has 0 aliphatic heterocycles.